The number of fused-ring (bicyclic) bond motifs is 3. The second-order valence-electron chi connectivity index (χ2n) is 7.31. The highest BCUT2D eigenvalue weighted by molar-refractivity contribution is 7.80. The molecule has 2 aliphatic heterocycles. The topological polar surface area (TPSA) is 46.0 Å². The number of pyridine rings is 1. The molecule has 3 aromatic rings. The van der Waals surface area contributed by atoms with Gasteiger partial charge in [-0.1, -0.05) is 18.2 Å². The fourth-order valence-electron chi connectivity index (χ4n) is 4.43. The van der Waals surface area contributed by atoms with Crippen LogP contribution in [0, 0.1) is 0 Å². The zero-order valence-corrected chi connectivity index (χ0v) is 15.6. The Hall–Kier alpha value is -2.47. The summed E-state index contributed by atoms with van der Waals surface area (Å²) in [5, 5.41) is 10.00. The van der Waals surface area contributed by atoms with Crippen LogP contribution in [-0.2, 0) is 12.0 Å². The molecule has 0 saturated carbocycles. The van der Waals surface area contributed by atoms with Crippen molar-refractivity contribution in [3.63, 3.8) is 0 Å². The fourth-order valence-corrected chi connectivity index (χ4v) is 4.59. The molecule has 1 N–H and O–H groups in total. The van der Waals surface area contributed by atoms with Gasteiger partial charge in [0.05, 0.1) is 11.2 Å². The molecule has 0 radical (unpaired) electrons. The summed E-state index contributed by atoms with van der Waals surface area (Å²) in [6, 6.07) is 12.7. The summed E-state index contributed by atoms with van der Waals surface area (Å²) in [5.74, 6) is 0. The molecule has 1 aromatic carbocycles. The molecule has 1 atom stereocenters. The molecule has 0 amide bonds. The summed E-state index contributed by atoms with van der Waals surface area (Å²) in [6.45, 7) is 2.97. The largest absolute Gasteiger partial charge is 0.366 e. The van der Waals surface area contributed by atoms with Crippen LogP contribution in [0.1, 0.15) is 18.5 Å². The van der Waals surface area contributed by atoms with E-state index in [0.717, 1.165) is 59.7 Å². The predicted molar refractivity (Wildman–Crippen MR) is 107 cm³/mol. The first-order chi connectivity index (χ1) is 12.7. The van der Waals surface area contributed by atoms with E-state index in [9.17, 15) is 0 Å². The highest BCUT2D eigenvalue weighted by Crippen LogP contribution is 2.43. The van der Waals surface area contributed by atoms with Crippen molar-refractivity contribution in [3.8, 4) is 11.3 Å². The SMILES string of the molecule is CNC(=S)N1CCC2(CCn3nc(-c4cnc5ccccc5c4)cc32)C1. The molecule has 0 bridgehead atoms. The Bertz CT molecular complexity index is 1010. The van der Waals surface area contributed by atoms with Gasteiger partial charge in [-0.15, -0.1) is 0 Å². The first-order valence-corrected chi connectivity index (χ1v) is 9.50. The number of para-hydroxylation sites is 1. The standard InChI is InChI=1S/C20H21N5S/c1-21-19(26)24-8-6-20(13-24)7-9-25-18(20)11-17(23-25)15-10-14-4-2-3-5-16(14)22-12-15/h2-5,10-12H,6-9,13H2,1H3,(H,21,26). The van der Waals surface area contributed by atoms with E-state index in [1.165, 1.54) is 5.69 Å². The van der Waals surface area contributed by atoms with E-state index in [1.807, 2.05) is 31.4 Å². The lowest BCUT2D eigenvalue weighted by Crippen LogP contribution is -2.38. The molecule has 4 heterocycles. The number of thiocarbonyl (C=S) groups is 1. The average molecular weight is 363 g/mol. The van der Waals surface area contributed by atoms with Crippen LogP contribution in [0.15, 0.2) is 42.6 Å². The van der Waals surface area contributed by atoms with Gasteiger partial charge in [-0.3, -0.25) is 9.67 Å². The van der Waals surface area contributed by atoms with Crippen molar-refractivity contribution in [2.75, 3.05) is 20.1 Å². The Morgan fingerprint density at radius 1 is 1.19 bits per heavy atom. The van der Waals surface area contributed by atoms with Crippen molar-refractivity contribution in [2.24, 2.45) is 0 Å². The first-order valence-electron chi connectivity index (χ1n) is 9.09. The molecular weight excluding hydrogens is 342 g/mol. The molecule has 1 spiro atoms. The summed E-state index contributed by atoms with van der Waals surface area (Å²) in [6.07, 6.45) is 4.22. The second kappa shape index (κ2) is 5.77. The van der Waals surface area contributed by atoms with E-state index in [1.54, 1.807) is 0 Å². The molecule has 6 heteroatoms. The molecular formula is C20H21N5S. The third-order valence-corrected chi connectivity index (χ3v) is 6.33. The Labute approximate surface area is 158 Å². The van der Waals surface area contributed by atoms with Gasteiger partial charge in [0.1, 0.15) is 0 Å². The number of hydrogen-bond acceptors (Lipinski definition) is 3. The lowest BCUT2D eigenvalue weighted by atomic mass is 9.82. The molecule has 132 valence electrons. The number of aromatic nitrogens is 3. The Morgan fingerprint density at radius 2 is 2.04 bits per heavy atom. The van der Waals surface area contributed by atoms with Gasteiger partial charge in [-0.2, -0.15) is 5.10 Å². The van der Waals surface area contributed by atoms with Crippen molar-refractivity contribution in [2.45, 2.75) is 24.8 Å². The molecule has 1 fully saturated rings. The fraction of sp³-hybridized carbons (Fsp3) is 0.350. The highest BCUT2D eigenvalue weighted by atomic mass is 32.1. The highest BCUT2D eigenvalue weighted by Gasteiger charge is 2.46. The number of aryl methyl sites for hydroxylation is 1. The first kappa shape index (κ1) is 15.8. The van der Waals surface area contributed by atoms with Gasteiger partial charge in [0.25, 0.3) is 0 Å². The minimum Gasteiger partial charge on any atom is -0.366 e. The smallest absolute Gasteiger partial charge is 0.168 e. The van der Waals surface area contributed by atoms with E-state index >= 15 is 0 Å². The monoisotopic (exact) mass is 363 g/mol. The minimum absolute atomic E-state index is 0.177. The maximum Gasteiger partial charge on any atom is 0.168 e. The average Bonchev–Trinajstić information content (AvgIpc) is 3.38. The minimum atomic E-state index is 0.177. The summed E-state index contributed by atoms with van der Waals surface area (Å²) >= 11 is 5.44. The van der Waals surface area contributed by atoms with Crippen LogP contribution in [0.3, 0.4) is 0 Å². The number of likely N-dealkylation sites (tertiary alicyclic amines) is 1. The molecule has 26 heavy (non-hydrogen) atoms. The Morgan fingerprint density at radius 3 is 2.92 bits per heavy atom. The lowest BCUT2D eigenvalue weighted by Gasteiger charge is -2.24. The van der Waals surface area contributed by atoms with Crippen LogP contribution in [0.2, 0.25) is 0 Å². The number of benzene rings is 1. The number of nitrogens with zero attached hydrogens (tertiary/aromatic N) is 4. The Kier molecular flexibility index (Phi) is 3.50. The third kappa shape index (κ3) is 2.32. The zero-order chi connectivity index (χ0) is 17.7. The van der Waals surface area contributed by atoms with Gasteiger partial charge in [-0.05, 0) is 43.3 Å². The molecule has 5 rings (SSSR count). The summed E-state index contributed by atoms with van der Waals surface area (Å²) in [7, 11) is 1.90. The van der Waals surface area contributed by atoms with Gasteiger partial charge < -0.3 is 10.2 Å². The molecule has 1 saturated heterocycles. The lowest BCUT2D eigenvalue weighted by molar-refractivity contribution is 0.418. The maximum atomic E-state index is 5.44. The molecule has 0 aliphatic carbocycles. The van der Waals surface area contributed by atoms with Gasteiger partial charge in [0.2, 0.25) is 0 Å². The quantitative estimate of drug-likeness (QED) is 0.674. The molecule has 5 nitrogen and oxygen atoms in total. The van der Waals surface area contributed by atoms with Gasteiger partial charge >= 0.3 is 0 Å². The zero-order valence-electron chi connectivity index (χ0n) is 14.8. The van der Waals surface area contributed by atoms with Crippen molar-refractivity contribution >= 4 is 28.2 Å². The summed E-state index contributed by atoms with van der Waals surface area (Å²) in [4.78, 5) is 6.88. The third-order valence-electron chi connectivity index (χ3n) is 5.87. The van der Waals surface area contributed by atoms with E-state index in [2.05, 4.69) is 38.1 Å². The van der Waals surface area contributed by atoms with Crippen LogP contribution >= 0.6 is 12.2 Å². The van der Waals surface area contributed by atoms with Crippen LogP contribution in [0.4, 0.5) is 0 Å². The summed E-state index contributed by atoms with van der Waals surface area (Å²) in [5.41, 5.74) is 4.65. The van der Waals surface area contributed by atoms with Crippen LogP contribution in [-0.4, -0.2) is 44.9 Å². The van der Waals surface area contributed by atoms with Crippen molar-refractivity contribution in [3.05, 3.63) is 48.3 Å². The second-order valence-corrected chi connectivity index (χ2v) is 7.70. The molecule has 2 aromatic heterocycles. The van der Waals surface area contributed by atoms with E-state index in [4.69, 9.17) is 17.3 Å². The molecule has 1 unspecified atom stereocenters. The van der Waals surface area contributed by atoms with E-state index < -0.39 is 0 Å². The van der Waals surface area contributed by atoms with E-state index in [0.29, 0.717) is 0 Å². The predicted octanol–water partition coefficient (Wildman–Crippen LogP) is 2.95. The Balaban J connectivity index is 1.50. The number of rotatable bonds is 1. The van der Waals surface area contributed by atoms with Crippen molar-refractivity contribution < 1.29 is 0 Å². The normalized spacial score (nSPS) is 21.5. The van der Waals surface area contributed by atoms with Gasteiger partial charge in [0, 0.05) is 54.9 Å². The van der Waals surface area contributed by atoms with E-state index in [-0.39, 0.29) is 5.41 Å². The van der Waals surface area contributed by atoms with Crippen molar-refractivity contribution in [1.29, 1.82) is 0 Å². The van der Waals surface area contributed by atoms with Crippen LogP contribution < -0.4 is 5.32 Å². The molecule has 2 aliphatic rings. The maximum absolute atomic E-state index is 5.44. The van der Waals surface area contributed by atoms with Crippen LogP contribution in [0.5, 0.6) is 0 Å². The number of hydrogen-bond donors (Lipinski definition) is 1. The van der Waals surface area contributed by atoms with Crippen LogP contribution in [0.25, 0.3) is 22.2 Å². The van der Waals surface area contributed by atoms with Crippen molar-refractivity contribution in [1.82, 2.24) is 25.0 Å². The number of nitrogens with one attached hydrogen (secondary N) is 1. The van der Waals surface area contributed by atoms with Gasteiger partial charge in [-0.25, -0.2) is 0 Å². The van der Waals surface area contributed by atoms with Gasteiger partial charge in [0.15, 0.2) is 5.11 Å². The summed E-state index contributed by atoms with van der Waals surface area (Å²) < 4.78 is 2.19.